The molecule has 0 unspecified atom stereocenters. The summed E-state index contributed by atoms with van der Waals surface area (Å²) in [5.41, 5.74) is 1.20. The van der Waals surface area contributed by atoms with Gasteiger partial charge in [0.1, 0.15) is 0 Å². The standard InChI is InChI=1S/C10H12ClNOS/c1-14-9-4-2-8(3-5-9)6-7-12-10(11)13/h2-5H,6-7H2,1H3,(H,12,13). The number of carbonyl (C=O) groups excluding carboxylic acids is 1. The number of halogens is 1. The first-order chi connectivity index (χ1) is 6.72. The van der Waals surface area contributed by atoms with Gasteiger partial charge in [0.15, 0.2) is 0 Å². The maximum Gasteiger partial charge on any atom is 0.313 e. The maximum atomic E-state index is 10.4. The molecule has 4 heteroatoms. The molecule has 76 valence electrons. The van der Waals surface area contributed by atoms with Crippen molar-refractivity contribution in [1.82, 2.24) is 5.32 Å². The lowest BCUT2D eigenvalue weighted by Gasteiger charge is -2.02. The zero-order valence-corrected chi connectivity index (χ0v) is 9.49. The number of hydrogen-bond donors (Lipinski definition) is 1. The normalized spacial score (nSPS) is 9.86. The Labute approximate surface area is 93.0 Å². The minimum Gasteiger partial charge on any atom is -0.342 e. The quantitative estimate of drug-likeness (QED) is 0.489. The molecule has 0 saturated carbocycles. The van der Waals surface area contributed by atoms with Gasteiger partial charge in [0.2, 0.25) is 0 Å². The molecule has 1 amide bonds. The van der Waals surface area contributed by atoms with Gasteiger partial charge in [-0.05, 0) is 42.0 Å². The number of amides is 1. The molecule has 0 aliphatic rings. The predicted octanol–water partition coefficient (Wildman–Crippen LogP) is 2.90. The number of rotatable bonds is 4. The van der Waals surface area contributed by atoms with E-state index in [9.17, 15) is 4.79 Å². The summed E-state index contributed by atoms with van der Waals surface area (Å²) in [6, 6.07) is 8.27. The number of benzene rings is 1. The highest BCUT2D eigenvalue weighted by Crippen LogP contribution is 2.14. The second-order valence-electron chi connectivity index (χ2n) is 2.80. The van der Waals surface area contributed by atoms with Crippen molar-refractivity contribution in [2.75, 3.05) is 12.8 Å². The summed E-state index contributed by atoms with van der Waals surface area (Å²) >= 11 is 6.85. The van der Waals surface area contributed by atoms with Crippen LogP contribution in [-0.4, -0.2) is 18.2 Å². The van der Waals surface area contributed by atoms with Crippen molar-refractivity contribution < 1.29 is 4.79 Å². The largest absolute Gasteiger partial charge is 0.342 e. The average Bonchev–Trinajstić information content (AvgIpc) is 2.18. The topological polar surface area (TPSA) is 29.1 Å². The third kappa shape index (κ3) is 4.03. The van der Waals surface area contributed by atoms with Crippen molar-refractivity contribution >= 4 is 28.7 Å². The Hall–Kier alpha value is -0.670. The lowest BCUT2D eigenvalue weighted by Crippen LogP contribution is -2.19. The van der Waals surface area contributed by atoms with Crippen LogP contribution in [-0.2, 0) is 6.42 Å². The van der Waals surface area contributed by atoms with E-state index in [0.717, 1.165) is 6.42 Å². The van der Waals surface area contributed by atoms with Gasteiger partial charge < -0.3 is 5.32 Å². The van der Waals surface area contributed by atoms with Crippen molar-refractivity contribution in [1.29, 1.82) is 0 Å². The summed E-state index contributed by atoms with van der Waals surface area (Å²) in [7, 11) is 0. The molecule has 0 heterocycles. The highest BCUT2D eigenvalue weighted by atomic mass is 35.5. The molecule has 0 atom stereocenters. The van der Waals surface area contributed by atoms with Crippen LogP contribution >= 0.6 is 23.4 Å². The van der Waals surface area contributed by atoms with E-state index < -0.39 is 5.37 Å². The zero-order chi connectivity index (χ0) is 10.4. The summed E-state index contributed by atoms with van der Waals surface area (Å²) in [5.74, 6) is 0. The van der Waals surface area contributed by atoms with Crippen molar-refractivity contribution in [3.8, 4) is 0 Å². The molecule has 0 bridgehead atoms. The van der Waals surface area contributed by atoms with Crippen LogP contribution in [0.15, 0.2) is 29.2 Å². The van der Waals surface area contributed by atoms with Crippen LogP contribution in [0.3, 0.4) is 0 Å². The summed E-state index contributed by atoms with van der Waals surface area (Å²) in [6.07, 6.45) is 2.86. The maximum absolute atomic E-state index is 10.4. The van der Waals surface area contributed by atoms with Crippen LogP contribution in [0.5, 0.6) is 0 Å². The molecular formula is C10H12ClNOS. The van der Waals surface area contributed by atoms with Crippen LogP contribution in [0.4, 0.5) is 4.79 Å². The number of carbonyl (C=O) groups is 1. The molecule has 14 heavy (non-hydrogen) atoms. The van der Waals surface area contributed by atoms with E-state index in [1.807, 2.05) is 6.26 Å². The van der Waals surface area contributed by atoms with Crippen LogP contribution in [0.25, 0.3) is 0 Å². The second kappa shape index (κ2) is 5.94. The molecule has 1 rings (SSSR count). The lowest BCUT2D eigenvalue weighted by molar-refractivity contribution is 0.260. The van der Waals surface area contributed by atoms with E-state index in [1.165, 1.54) is 10.5 Å². The molecular weight excluding hydrogens is 218 g/mol. The van der Waals surface area contributed by atoms with E-state index in [-0.39, 0.29) is 0 Å². The highest BCUT2D eigenvalue weighted by molar-refractivity contribution is 7.98. The monoisotopic (exact) mass is 229 g/mol. The number of nitrogens with one attached hydrogen (secondary N) is 1. The van der Waals surface area contributed by atoms with Gasteiger partial charge in [0, 0.05) is 11.4 Å². The Kier molecular flexibility index (Phi) is 4.84. The molecule has 1 aromatic rings. The van der Waals surface area contributed by atoms with Crippen LogP contribution in [0.2, 0.25) is 0 Å². The van der Waals surface area contributed by atoms with Gasteiger partial charge in [-0.15, -0.1) is 11.8 Å². The molecule has 0 radical (unpaired) electrons. The van der Waals surface area contributed by atoms with Crippen LogP contribution in [0, 0.1) is 0 Å². The molecule has 0 aromatic heterocycles. The summed E-state index contributed by atoms with van der Waals surface area (Å²) in [6.45, 7) is 0.584. The molecule has 0 aliphatic heterocycles. The van der Waals surface area contributed by atoms with Crippen LogP contribution in [0.1, 0.15) is 5.56 Å². The predicted molar refractivity (Wildman–Crippen MR) is 61.2 cm³/mol. The Morgan fingerprint density at radius 3 is 2.57 bits per heavy atom. The van der Waals surface area contributed by atoms with Gasteiger partial charge in [-0.3, -0.25) is 4.79 Å². The minimum absolute atomic E-state index is 0.495. The van der Waals surface area contributed by atoms with Crippen LogP contribution < -0.4 is 5.32 Å². The molecule has 0 saturated heterocycles. The SMILES string of the molecule is CSc1ccc(CCNC(=O)Cl)cc1. The Balaban J connectivity index is 2.40. The Morgan fingerprint density at radius 2 is 2.07 bits per heavy atom. The highest BCUT2D eigenvalue weighted by Gasteiger charge is 1.95. The third-order valence-corrected chi connectivity index (χ3v) is 2.71. The summed E-state index contributed by atoms with van der Waals surface area (Å²) < 4.78 is 0. The average molecular weight is 230 g/mol. The van der Waals surface area contributed by atoms with Gasteiger partial charge in [0.05, 0.1) is 0 Å². The Morgan fingerprint density at radius 1 is 1.43 bits per heavy atom. The van der Waals surface area contributed by atoms with E-state index in [2.05, 4.69) is 29.6 Å². The van der Waals surface area contributed by atoms with Gasteiger partial charge >= 0.3 is 5.37 Å². The van der Waals surface area contributed by atoms with Crippen molar-refractivity contribution in [3.05, 3.63) is 29.8 Å². The molecule has 0 aliphatic carbocycles. The van der Waals surface area contributed by atoms with E-state index in [1.54, 1.807) is 11.8 Å². The van der Waals surface area contributed by atoms with E-state index >= 15 is 0 Å². The first-order valence-corrected chi connectivity index (χ1v) is 5.89. The fourth-order valence-corrected chi connectivity index (χ4v) is 1.60. The molecule has 1 aromatic carbocycles. The summed E-state index contributed by atoms with van der Waals surface area (Å²) in [5, 5.41) is 2.05. The van der Waals surface area contributed by atoms with Crippen molar-refractivity contribution in [2.45, 2.75) is 11.3 Å². The second-order valence-corrected chi connectivity index (χ2v) is 4.02. The number of hydrogen-bond acceptors (Lipinski definition) is 2. The third-order valence-electron chi connectivity index (χ3n) is 1.84. The molecule has 0 spiro atoms. The van der Waals surface area contributed by atoms with Crippen molar-refractivity contribution in [3.63, 3.8) is 0 Å². The van der Waals surface area contributed by atoms with Gasteiger partial charge in [-0.25, -0.2) is 0 Å². The molecule has 1 N–H and O–H groups in total. The van der Waals surface area contributed by atoms with E-state index in [0.29, 0.717) is 6.54 Å². The minimum atomic E-state index is -0.495. The van der Waals surface area contributed by atoms with Gasteiger partial charge in [0.25, 0.3) is 0 Å². The first kappa shape index (κ1) is 11.4. The van der Waals surface area contributed by atoms with E-state index in [4.69, 9.17) is 11.6 Å². The fourth-order valence-electron chi connectivity index (χ4n) is 1.10. The molecule has 0 fully saturated rings. The molecule has 2 nitrogen and oxygen atoms in total. The zero-order valence-electron chi connectivity index (χ0n) is 7.92. The van der Waals surface area contributed by atoms with Gasteiger partial charge in [-0.1, -0.05) is 12.1 Å². The smallest absolute Gasteiger partial charge is 0.313 e. The van der Waals surface area contributed by atoms with Crippen molar-refractivity contribution in [2.24, 2.45) is 0 Å². The van der Waals surface area contributed by atoms with Gasteiger partial charge in [-0.2, -0.15) is 0 Å². The number of thioether (sulfide) groups is 1. The lowest BCUT2D eigenvalue weighted by atomic mass is 10.1. The fraction of sp³-hybridized carbons (Fsp3) is 0.300. The first-order valence-electron chi connectivity index (χ1n) is 4.28. The Bertz CT molecular complexity index is 299. The summed E-state index contributed by atoms with van der Waals surface area (Å²) in [4.78, 5) is 11.6.